The molecule has 5 aromatic rings. The largest absolute Gasteiger partial charge is 0.465 e. The van der Waals surface area contributed by atoms with Crippen molar-refractivity contribution in [2.75, 3.05) is 19.6 Å². The normalized spacial score (nSPS) is 15.4. The van der Waals surface area contributed by atoms with Crippen LogP contribution in [0.2, 0.25) is 0 Å². The minimum Gasteiger partial charge on any atom is -0.465 e. The number of nitrogens with one attached hydrogen (secondary N) is 3. The van der Waals surface area contributed by atoms with Crippen molar-refractivity contribution in [1.29, 1.82) is 0 Å². The second kappa shape index (κ2) is 21.2. The lowest BCUT2D eigenvalue weighted by Gasteiger charge is -2.36. The summed E-state index contributed by atoms with van der Waals surface area (Å²) in [5.41, 5.74) is 7.08. The highest BCUT2D eigenvalue weighted by molar-refractivity contribution is 7.13. The molecule has 1 aliphatic rings. The molecule has 332 valence electrons. The van der Waals surface area contributed by atoms with Gasteiger partial charge in [-0.25, -0.2) is 19.6 Å². The van der Waals surface area contributed by atoms with Crippen LogP contribution >= 0.6 is 11.3 Å². The zero-order valence-electron chi connectivity index (χ0n) is 36.3. The Balaban J connectivity index is 1.23. The van der Waals surface area contributed by atoms with E-state index < -0.39 is 47.6 Å². The maximum absolute atomic E-state index is 14.6. The predicted molar refractivity (Wildman–Crippen MR) is 242 cm³/mol. The van der Waals surface area contributed by atoms with Gasteiger partial charge in [-0.2, -0.15) is 0 Å². The Hall–Kier alpha value is -6.23. The topological polar surface area (TPSA) is 193 Å². The molecule has 1 saturated heterocycles. The molecule has 0 unspecified atom stereocenters. The molecule has 0 saturated carbocycles. The van der Waals surface area contributed by atoms with Crippen molar-refractivity contribution >= 4 is 35.3 Å². The smallest absolute Gasteiger partial charge is 0.405 e. The fourth-order valence-corrected chi connectivity index (χ4v) is 8.41. The van der Waals surface area contributed by atoms with E-state index in [2.05, 4.69) is 26.0 Å². The van der Waals surface area contributed by atoms with Gasteiger partial charge in [0, 0.05) is 61.3 Å². The second-order valence-corrected chi connectivity index (χ2v) is 17.9. The molecule has 0 radical (unpaired) electrons. The van der Waals surface area contributed by atoms with Gasteiger partial charge in [0.1, 0.15) is 17.1 Å². The van der Waals surface area contributed by atoms with Crippen LogP contribution in [0.4, 0.5) is 9.59 Å². The van der Waals surface area contributed by atoms with Crippen molar-refractivity contribution in [3.05, 3.63) is 126 Å². The zero-order valence-corrected chi connectivity index (χ0v) is 37.2. The summed E-state index contributed by atoms with van der Waals surface area (Å²) < 4.78 is 0. The summed E-state index contributed by atoms with van der Waals surface area (Å²) in [6, 6.07) is 23.5. The number of hydrazine groups is 1. The molecule has 15 nitrogen and oxygen atoms in total. The van der Waals surface area contributed by atoms with E-state index in [1.165, 1.54) is 11.3 Å². The number of nitrogens with zero attached hydrogens (tertiary/aromatic N) is 6. The number of carbonyl (C=O) groups excluding carboxylic acids is 3. The van der Waals surface area contributed by atoms with E-state index in [1.54, 1.807) is 54.2 Å². The Morgan fingerprint density at radius 3 is 2.29 bits per heavy atom. The molecular weight excluding hydrogens is 819 g/mol. The number of carboxylic acid groups (broad SMARTS) is 1. The maximum Gasteiger partial charge on any atom is 0.405 e. The third-order valence-electron chi connectivity index (χ3n) is 11.2. The molecular formula is C47H57N9O6S. The first-order valence-electron chi connectivity index (χ1n) is 21.2. The number of aliphatic hydroxyl groups excluding tert-OH is 1. The van der Waals surface area contributed by atoms with Crippen LogP contribution in [0.15, 0.2) is 109 Å². The number of pyridine rings is 2. The van der Waals surface area contributed by atoms with Crippen LogP contribution in [-0.2, 0) is 29.1 Å². The van der Waals surface area contributed by atoms with E-state index >= 15 is 0 Å². The van der Waals surface area contributed by atoms with E-state index in [9.17, 15) is 29.4 Å². The number of aromatic nitrogens is 3. The van der Waals surface area contributed by atoms with Gasteiger partial charge in [-0.3, -0.25) is 25.0 Å². The van der Waals surface area contributed by atoms with Crippen molar-refractivity contribution < 1.29 is 29.4 Å². The lowest BCUT2D eigenvalue weighted by Crippen LogP contribution is -2.60. The van der Waals surface area contributed by atoms with Crippen LogP contribution in [0.5, 0.6) is 0 Å². The molecule has 5 atom stereocenters. The molecule has 5 N–H and O–H groups in total. The number of amides is 5. The van der Waals surface area contributed by atoms with Gasteiger partial charge in [-0.15, -0.1) is 11.3 Å². The molecule has 2 aromatic carbocycles. The van der Waals surface area contributed by atoms with E-state index in [0.29, 0.717) is 26.1 Å². The molecule has 0 bridgehead atoms. The van der Waals surface area contributed by atoms with Crippen molar-refractivity contribution in [3.63, 3.8) is 0 Å². The Morgan fingerprint density at radius 1 is 0.889 bits per heavy atom. The number of benzene rings is 2. The van der Waals surface area contributed by atoms with E-state index in [-0.39, 0.29) is 31.5 Å². The highest BCUT2D eigenvalue weighted by Gasteiger charge is 2.41. The first kappa shape index (κ1) is 46.3. The lowest BCUT2D eigenvalue weighted by molar-refractivity contribution is -0.132. The van der Waals surface area contributed by atoms with Gasteiger partial charge < -0.3 is 30.6 Å². The molecule has 16 heteroatoms. The lowest BCUT2D eigenvalue weighted by atomic mass is 9.86. The molecule has 5 amide bonds. The number of hydrogen-bond donors (Lipinski definition) is 5. The van der Waals surface area contributed by atoms with E-state index in [1.807, 2.05) is 104 Å². The van der Waals surface area contributed by atoms with Gasteiger partial charge in [0.2, 0.25) is 5.91 Å². The number of urea groups is 1. The van der Waals surface area contributed by atoms with Gasteiger partial charge in [0.05, 0.1) is 30.1 Å². The number of thiazole rings is 1. The Labute approximate surface area is 372 Å². The number of carbonyl (C=O) groups is 4. The molecule has 4 heterocycles. The van der Waals surface area contributed by atoms with Gasteiger partial charge in [0.15, 0.2) is 0 Å². The zero-order chi connectivity index (χ0) is 45.1. The summed E-state index contributed by atoms with van der Waals surface area (Å²) in [6.45, 7) is 10.2. The summed E-state index contributed by atoms with van der Waals surface area (Å²) in [4.78, 5) is 71.1. The summed E-state index contributed by atoms with van der Waals surface area (Å²) in [7, 11) is 0. The van der Waals surface area contributed by atoms with Crippen LogP contribution in [-0.4, -0.2) is 108 Å². The number of hydrogen-bond acceptors (Lipinski definition) is 10. The van der Waals surface area contributed by atoms with Gasteiger partial charge in [-0.05, 0) is 53.1 Å². The van der Waals surface area contributed by atoms with E-state index in [4.69, 9.17) is 4.98 Å². The Morgan fingerprint density at radius 2 is 1.63 bits per heavy atom. The fraction of sp³-hybridized carbons (Fsp3) is 0.383. The Bertz CT molecular complexity index is 2280. The standard InChI is InChI=1S/C47H57N9O6S/c1-6-31(2)40(56-24-23-54(46(56)62)28-36-30-63-44(50-36)35-15-12-21-48-26-35)42(58)51-38(25-32-13-8-7-9-14-32)39(57)29-55(53-43(59)41(47(3,4)5)52-45(60)61)27-33-17-19-34(20-18-33)37-16-10-11-22-49-37/h7-22,26,30-31,38-41,52,57H,6,23-25,27-29H2,1-5H3,(H,51,58)(H,53,59)(H,60,61)/t31-,38-,39-,40-,41+/m0/s1. The second-order valence-electron chi connectivity index (χ2n) is 17.0. The Kier molecular flexibility index (Phi) is 15.6. The molecule has 63 heavy (non-hydrogen) atoms. The van der Waals surface area contributed by atoms with Gasteiger partial charge >= 0.3 is 12.1 Å². The first-order chi connectivity index (χ1) is 30.2. The summed E-state index contributed by atoms with van der Waals surface area (Å²) >= 11 is 1.48. The average Bonchev–Trinajstić information content (AvgIpc) is 3.89. The first-order valence-corrected chi connectivity index (χ1v) is 22.1. The van der Waals surface area contributed by atoms with Crippen molar-refractivity contribution in [2.24, 2.45) is 11.3 Å². The highest BCUT2D eigenvalue weighted by atomic mass is 32.1. The fourth-order valence-electron chi connectivity index (χ4n) is 7.61. The van der Waals surface area contributed by atoms with Crippen molar-refractivity contribution in [2.45, 2.75) is 84.8 Å². The minimum atomic E-state index is -1.35. The van der Waals surface area contributed by atoms with Crippen LogP contribution in [0.3, 0.4) is 0 Å². The molecule has 0 spiro atoms. The van der Waals surface area contributed by atoms with Crippen molar-refractivity contribution in [1.82, 2.24) is 45.8 Å². The van der Waals surface area contributed by atoms with Crippen molar-refractivity contribution in [3.8, 4) is 21.8 Å². The molecule has 6 rings (SSSR count). The highest BCUT2D eigenvalue weighted by Crippen LogP contribution is 2.27. The molecule has 0 aliphatic carbocycles. The predicted octanol–water partition coefficient (Wildman–Crippen LogP) is 6.22. The minimum absolute atomic E-state index is 0.136. The van der Waals surface area contributed by atoms with Crippen LogP contribution in [0.25, 0.3) is 21.8 Å². The average molecular weight is 876 g/mol. The summed E-state index contributed by atoms with van der Waals surface area (Å²) in [5, 5.41) is 31.6. The van der Waals surface area contributed by atoms with Gasteiger partial charge in [0.25, 0.3) is 5.91 Å². The summed E-state index contributed by atoms with van der Waals surface area (Å²) in [6.07, 6.45) is 3.45. The number of rotatable bonds is 19. The third-order valence-corrected chi connectivity index (χ3v) is 12.1. The van der Waals surface area contributed by atoms with Crippen LogP contribution in [0, 0.1) is 11.3 Å². The number of aliphatic hydroxyl groups is 1. The van der Waals surface area contributed by atoms with Gasteiger partial charge in [-0.1, -0.05) is 102 Å². The van der Waals surface area contributed by atoms with Crippen LogP contribution < -0.4 is 16.1 Å². The van der Waals surface area contributed by atoms with E-state index in [0.717, 1.165) is 38.6 Å². The van der Waals surface area contributed by atoms with Crippen LogP contribution in [0.1, 0.15) is 57.9 Å². The third kappa shape index (κ3) is 12.5. The molecule has 1 aliphatic heterocycles. The maximum atomic E-state index is 14.6. The molecule has 1 fully saturated rings. The summed E-state index contributed by atoms with van der Waals surface area (Å²) in [5.74, 6) is -1.22. The monoisotopic (exact) mass is 875 g/mol. The quantitative estimate of drug-likeness (QED) is 0.0595. The SMILES string of the molecule is CC[C@H](C)[C@@H](C(=O)N[C@@H](Cc1ccccc1)[C@@H](O)CN(Cc1ccc(-c2ccccn2)cc1)NC(=O)[C@@H](NC(=O)O)C(C)(C)C)N1CCN(Cc2csc(-c3cccnc3)n2)C1=O. The molecule has 3 aromatic heterocycles.